The van der Waals surface area contributed by atoms with Crippen molar-refractivity contribution in [2.75, 3.05) is 6.61 Å². The van der Waals surface area contributed by atoms with Crippen molar-refractivity contribution in [3.8, 4) is 11.0 Å². The second kappa shape index (κ2) is 7.48. The molecule has 0 saturated heterocycles. The highest BCUT2D eigenvalue weighted by molar-refractivity contribution is 7.12. The maximum absolute atomic E-state index is 12.2. The van der Waals surface area contributed by atoms with Crippen molar-refractivity contribution >= 4 is 17.0 Å². The van der Waals surface area contributed by atoms with Crippen molar-refractivity contribution in [1.82, 2.24) is 34.6 Å². The fraction of sp³-hybridized carbons (Fsp3) is 0.312. The predicted octanol–water partition coefficient (Wildman–Crippen LogP) is 1.90. The van der Waals surface area contributed by atoms with Gasteiger partial charge in [-0.3, -0.25) is 0 Å². The van der Waals surface area contributed by atoms with Crippen LogP contribution in [0.2, 0.25) is 0 Å². The molecule has 0 atom stereocenters. The first-order valence-corrected chi connectivity index (χ1v) is 8.80. The number of ether oxygens (including phenoxy) is 1. The smallest absolute Gasteiger partial charge is 0.368 e. The van der Waals surface area contributed by atoms with Gasteiger partial charge in [0.25, 0.3) is 0 Å². The van der Waals surface area contributed by atoms with Gasteiger partial charge in [0.15, 0.2) is 0 Å². The van der Waals surface area contributed by atoms with Crippen LogP contribution in [0, 0.1) is 0 Å². The third kappa shape index (κ3) is 3.49. The van der Waals surface area contributed by atoms with E-state index in [-0.39, 0.29) is 12.3 Å². The Morgan fingerprint density at radius 3 is 2.73 bits per heavy atom. The van der Waals surface area contributed by atoms with E-state index in [1.807, 2.05) is 32.2 Å². The summed E-state index contributed by atoms with van der Waals surface area (Å²) in [6.45, 7) is 6.01. The summed E-state index contributed by atoms with van der Waals surface area (Å²) in [4.78, 5) is 16.4. The van der Waals surface area contributed by atoms with E-state index >= 15 is 0 Å². The first-order valence-electron chi connectivity index (χ1n) is 7.92. The van der Waals surface area contributed by atoms with Gasteiger partial charge in [0.05, 0.1) is 5.70 Å². The van der Waals surface area contributed by atoms with Gasteiger partial charge in [-0.05, 0) is 31.2 Å². The van der Waals surface area contributed by atoms with Crippen molar-refractivity contribution in [1.29, 1.82) is 0 Å². The first-order chi connectivity index (χ1) is 12.5. The Kier molecular flexibility index (Phi) is 5.12. The molecule has 0 aromatic carbocycles. The minimum absolute atomic E-state index is 0.250. The summed E-state index contributed by atoms with van der Waals surface area (Å²) < 4.78 is 9.94. The largest absolute Gasteiger partial charge is 0.472 e. The molecule has 0 spiro atoms. The maximum atomic E-state index is 12.2. The molecule has 3 heterocycles. The second-order valence-electron chi connectivity index (χ2n) is 5.65. The lowest BCUT2D eigenvalue weighted by atomic mass is 10.1. The van der Waals surface area contributed by atoms with Gasteiger partial charge in [-0.15, -0.1) is 16.4 Å². The van der Waals surface area contributed by atoms with Crippen LogP contribution in [0.5, 0.6) is 5.88 Å². The van der Waals surface area contributed by atoms with Crippen molar-refractivity contribution in [2.24, 2.45) is 7.05 Å². The van der Waals surface area contributed by atoms with Crippen LogP contribution in [0.4, 0.5) is 0 Å². The zero-order valence-electron chi connectivity index (χ0n) is 14.9. The van der Waals surface area contributed by atoms with Gasteiger partial charge in [-0.25, -0.2) is 14.5 Å². The normalized spacial score (nSPS) is 11.6. The van der Waals surface area contributed by atoms with Crippen LogP contribution < -0.4 is 10.4 Å². The molecule has 26 heavy (non-hydrogen) atoms. The minimum Gasteiger partial charge on any atom is -0.472 e. The number of hydrogen-bond acceptors (Lipinski definition) is 7. The van der Waals surface area contributed by atoms with Gasteiger partial charge in [0.2, 0.25) is 11.0 Å². The van der Waals surface area contributed by atoms with E-state index in [0.717, 1.165) is 16.3 Å². The van der Waals surface area contributed by atoms with Gasteiger partial charge >= 0.3 is 5.69 Å². The second-order valence-corrected chi connectivity index (χ2v) is 6.52. The molecule has 0 fully saturated rings. The van der Waals surface area contributed by atoms with Gasteiger partial charge in [-0.1, -0.05) is 11.6 Å². The molecular weight excluding hydrogens is 354 g/mol. The molecule has 0 radical (unpaired) electrons. The molecule has 0 aliphatic rings. The van der Waals surface area contributed by atoms with E-state index in [4.69, 9.17) is 4.74 Å². The number of thiazole rings is 1. The molecule has 136 valence electrons. The zero-order chi connectivity index (χ0) is 18.7. The lowest BCUT2D eigenvalue weighted by Crippen LogP contribution is -2.24. The molecule has 0 amide bonds. The predicted molar refractivity (Wildman–Crippen MR) is 98.3 cm³/mol. The highest BCUT2D eigenvalue weighted by atomic mass is 32.1. The summed E-state index contributed by atoms with van der Waals surface area (Å²) in [6.07, 6.45) is 5.33. The summed E-state index contributed by atoms with van der Waals surface area (Å²) in [5.41, 5.74) is 2.18. The number of tetrazole rings is 1. The van der Waals surface area contributed by atoms with Crippen LogP contribution in [0.25, 0.3) is 10.8 Å². The van der Waals surface area contributed by atoms with Gasteiger partial charge in [0, 0.05) is 36.5 Å². The van der Waals surface area contributed by atoms with E-state index in [1.54, 1.807) is 30.2 Å². The fourth-order valence-electron chi connectivity index (χ4n) is 2.33. The van der Waals surface area contributed by atoms with Gasteiger partial charge in [0.1, 0.15) is 6.61 Å². The Balaban J connectivity index is 1.81. The number of hydrogen-bond donors (Lipinski definition) is 0. The molecule has 3 aromatic rings. The molecule has 9 nitrogen and oxygen atoms in total. The Morgan fingerprint density at radius 1 is 1.35 bits per heavy atom. The zero-order valence-corrected chi connectivity index (χ0v) is 15.8. The quantitative estimate of drug-likeness (QED) is 0.613. The van der Waals surface area contributed by atoms with Crippen molar-refractivity contribution < 1.29 is 4.74 Å². The molecule has 0 saturated carbocycles. The van der Waals surface area contributed by atoms with Crippen LogP contribution in [0.1, 0.15) is 20.8 Å². The van der Waals surface area contributed by atoms with E-state index in [9.17, 15) is 4.79 Å². The van der Waals surface area contributed by atoms with E-state index in [2.05, 4.69) is 20.5 Å². The van der Waals surface area contributed by atoms with Crippen LogP contribution in [0.3, 0.4) is 0 Å². The van der Waals surface area contributed by atoms with Crippen LogP contribution >= 0.6 is 11.3 Å². The van der Waals surface area contributed by atoms with Crippen molar-refractivity contribution in [3.63, 3.8) is 0 Å². The molecule has 0 bridgehead atoms. The number of rotatable bonds is 6. The average molecular weight is 373 g/mol. The van der Waals surface area contributed by atoms with Crippen LogP contribution in [-0.4, -0.2) is 41.2 Å². The lowest BCUT2D eigenvalue weighted by Gasteiger charge is -2.13. The average Bonchev–Trinajstić information content (AvgIpc) is 3.35. The summed E-state index contributed by atoms with van der Waals surface area (Å²) >= 11 is 1.49. The number of aryl methyl sites for hydroxylation is 1. The molecule has 0 unspecified atom stereocenters. The number of allylic oxidation sites excluding steroid dienone is 2. The van der Waals surface area contributed by atoms with E-state index in [1.165, 1.54) is 20.7 Å². The summed E-state index contributed by atoms with van der Waals surface area (Å²) in [6, 6.07) is 1.77. The third-order valence-corrected chi connectivity index (χ3v) is 4.44. The Morgan fingerprint density at radius 2 is 2.15 bits per heavy atom. The summed E-state index contributed by atoms with van der Waals surface area (Å²) in [7, 11) is 1.56. The number of aromatic nitrogens is 7. The summed E-state index contributed by atoms with van der Waals surface area (Å²) in [5, 5.41) is 14.7. The first kappa shape index (κ1) is 17.8. The topological polar surface area (TPSA) is 92.7 Å². The Labute approximate surface area is 153 Å². The summed E-state index contributed by atoms with van der Waals surface area (Å²) in [5.74, 6) is 0.473. The monoisotopic (exact) mass is 373 g/mol. The molecule has 10 heteroatoms. The van der Waals surface area contributed by atoms with Crippen molar-refractivity contribution in [3.05, 3.63) is 51.5 Å². The fourth-order valence-corrected chi connectivity index (χ4v) is 2.90. The standard InChI is InChI=1S/C16H19N7O2S/c1-5-13(23-16(24)21(4)19-20-23)12(11(2)3)10-25-14-6-8-22(18-14)15-17-7-9-26-15/h5-9H,10H2,1-4H3/b13-5+. The molecule has 0 N–H and O–H groups in total. The molecule has 0 aliphatic carbocycles. The van der Waals surface area contributed by atoms with Gasteiger partial charge < -0.3 is 4.74 Å². The SMILES string of the molecule is C/C=C(\C(COc1ccn(-c2nccs2)n1)=C(C)C)n1nnn(C)c1=O. The highest BCUT2D eigenvalue weighted by Crippen LogP contribution is 2.20. The lowest BCUT2D eigenvalue weighted by molar-refractivity contribution is 0.337. The van der Waals surface area contributed by atoms with E-state index in [0.29, 0.717) is 11.6 Å². The maximum Gasteiger partial charge on any atom is 0.368 e. The van der Waals surface area contributed by atoms with E-state index < -0.39 is 0 Å². The Hall–Kier alpha value is -3.01. The van der Waals surface area contributed by atoms with Crippen LogP contribution in [-0.2, 0) is 7.05 Å². The number of nitrogens with zero attached hydrogens (tertiary/aromatic N) is 7. The minimum atomic E-state index is -0.315. The Bertz CT molecular complexity index is 1000. The third-order valence-electron chi connectivity index (χ3n) is 3.68. The van der Waals surface area contributed by atoms with Crippen LogP contribution in [0.15, 0.2) is 45.9 Å². The molecule has 3 aromatic heterocycles. The van der Waals surface area contributed by atoms with Gasteiger partial charge in [-0.2, -0.15) is 9.36 Å². The highest BCUT2D eigenvalue weighted by Gasteiger charge is 2.16. The van der Waals surface area contributed by atoms with Crippen molar-refractivity contribution in [2.45, 2.75) is 20.8 Å². The molecule has 0 aliphatic heterocycles. The molecular formula is C16H19N7O2S. The molecule has 3 rings (SSSR count).